The Balaban J connectivity index is 0.00000128. The lowest BCUT2D eigenvalue weighted by Crippen LogP contribution is -2.09. The predicted molar refractivity (Wildman–Crippen MR) is 69.0 cm³/mol. The highest BCUT2D eigenvalue weighted by molar-refractivity contribution is 6.30. The van der Waals surface area contributed by atoms with Crippen molar-refractivity contribution in [1.29, 1.82) is 0 Å². The molecule has 1 aromatic carbocycles. The van der Waals surface area contributed by atoms with Crippen LogP contribution in [0.4, 0.5) is 0 Å². The Labute approximate surface area is 106 Å². The molecule has 16 heavy (non-hydrogen) atoms. The number of rotatable bonds is 3. The van der Waals surface area contributed by atoms with Crippen molar-refractivity contribution in [1.82, 2.24) is 9.78 Å². The van der Waals surface area contributed by atoms with Crippen LogP contribution in [-0.4, -0.2) is 16.3 Å². The molecule has 2 aromatic rings. The van der Waals surface area contributed by atoms with Crippen LogP contribution in [0.2, 0.25) is 5.02 Å². The van der Waals surface area contributed by atoms with E-state index < -0.39 is 0 Å². The third kappa shape index (κ3) is 2.98. The van der Waals surface area contributed by atoms with E-state index in [2.05, 4.69) is 5.10 Å². The molecule has 2 N–H and O–H groups in total. The van der Waals surface area contributed by atoms with Gasteiger partial charge < -0.3 is 5.73 Å². The van der Waals surface area contributed by atoms with E-state index >= 15 is 0 Å². The molecule has 0 amide bonds. The van der Waals surface area contributed by atoms with E-state index in [1.807, 2.05) is 41.3 Å². The molecule has 0 saturated heterocycles. The molecule has 0 fully saturated rings. The summed E-state index contributed by atoms with van der Waals surface area (Å²) < 4.78 is 1.83. The molecule has 0 spiro atoms. The number of halogens is 2. The second kappa shape index (κ2) is 5.89. The van der Waals surface area contributed by atoms with E-state index in [0.29, 0.717) is 6.54 Å². The Kier molecular flexibility index (Phi) is 4.80. The first-order valence-corrected chi connectivity index (χ1v) is 5.16. The Morgan fingerprint density at radius 2 is 2.12 bits per heavy atom. The molecular formula is C11H13Cl2N3. The van der Waals surface area contributed by atoms with E-state index in [-0.39, 0.29) is 12.4 Å². The van der Waals surface area contributed by atoms with Crippen molar-refractivity contribution in [2.75, 3.05) is 6.54 Å². The molecular weight excluding hydrogens is 245 g/mol. The van der Waals surface area contributed by atoms with Crippen LogP contribution in [0.3, 0.4) is 0 Å². The fraction of sp³-hybridized carbons (Fsp3) is 0.182. The molecule has 0 radical (unpaired) electrons. The van der Waals surface area contributed by atoms with Gasteiger partial charge in [0, 0.05) is 23.3 Å². The monoisotopic (exact) mass is 257 g/mol. The Morgan fingerprint density at radius 1 is 1.31 bits per heavy atom. The van der Waals surface area contributed by atoms with Crippen LogP contribution in [0, 0.1) is 0 Å². The van der Waals surface area contributed by atoms with Crippen molar-refractivity contribution in [3.8, 4) is 11.1 Å². The van der Waals surface area contributed by atoms with Crippen molar-refractivity contribution in [3.05, 3.63) is 41.7 Å². The maximum absolute atomic E-state index is 5.92. The number of aromatic nitrogens is 2. The second-order valence-corrected chi connectivity index (χ2v) is 3.73. The van der Waals surface area contributed by atoms with E-state index in [4.69, 9.17) is 17.3 Å². The molecule has 0 bridgehead atoms. The summed E-state index contributed by atoms with van der Waals surface area (Å²) in [6, 6.07) is 7.72. The van der Waals surface area contributed by atoms with Gasteiger partial charge in [0.1, 0.15) is 0 Å². The van der Waals surface area contributed by atoms with E-state index in [1.165, 1.54) is 0 Å². The van der Waals surface area contributed by atoms with Crippen LogP contribution in [0.25, 0.3) is 11.1 Å². The predicted octanol–water partition coefficient (Wildman–Crippen LogP) is 2.58. The van der Waals surface area contributed by atoms with Gasteiger partial charge in [-0.3, -0.25) is 4.68 Å². The maximum Gasteiger partial charge on any atom is 0.0568 e. The van der Waals surface area contributed by atoms with Gasteiger partial charge in [0.2, 0.25) is 0 Å². The summed E-state index contributed by atoms with van der Waals surface area (Å²) >= 11 is 5.92. The standard InChI is InChI=1S/C11H12ClN3.ClH/c12-11-3-1-2-9(6-11)10-7-14-15(8-10)5-4-13;/h1-3,6-8H,4-5,13H2;1H. The summed E-state index contributed by atoms with van der Waals surface area (Å²) in [5, 5.41) is 4.94. The normalized spacial score (nSPS) is 9.88. The summed E-state index contributed by atoms with van der Waals surface area (Å²) in [7, 11) is 0. The first kappa shape index (κ1) is 13.0. The highest BCUT2D eigenvalue weighted by Crippen LogP contribution is 2.21. The first-order valence-electron chi connectivity index (χ1n) is 4.78. The Morgan fingerprint density at radius 3 is 2.81 bits per heavy atom. The molecule has 0 unspecified atom stereocenters. The van der Waals surface area contributed by atoms with E-state index in [9.17, 15) is 0 Å². The van der Waals surface area contributed by atoms with Crippen LogP contribution >= 0.6 is 24.0 Å². The lowest BCUT2D eigenvalue weighted by atomic mass is 10.1. The van der Waals surface area contributed by atoms with Crippen LogP contribution in [0.5, 0.6) is 0 Å². The lowest BCUT2D eigenvalue weighted by Gasteiger charge is -1.97. The van der Waals surface area contributed by atoms with Crippen LogP contribution in [0.15, 0.2) is 36.7 Å². The molecule has 1 aromatic heterocycles. The van der Waals surface area contributed by atoms with Crippen molar-refractivity contribution in [2.24, 2.45) is 5.73 Å². The average molecular weight is 258 g/mol. The molecule has 0 atom stereocenters. The maximum atomic E-state index is 5.92. The molecule has 0 aliphatic heterocycles. The van der Waals surface area contributed by atoms with Crippen molar-refractivity contribution >= 4 is 24.0 Å². The molecule has 5 heteroatoms. The molecule has 86 valence electrons. The van der Waals surface area contributed by atoms with E-state index in [1.54, 1.807) is 0 Å². The third-order valence-electron chi connectivity index (χ3n) is 2.15. The zero-order valence-corrected chi connectivity index (χ0v) is 10.2. The fourth-order valence-electron chi connectivity index (χ4n) is 1.44. The zero-order valence-electron chi connectivity index (χ0n) is 8.64. The number of benzene rings is 1. The van der Waals surface area contributed by atoms with Crippen molar-refractivity contribution < 1.29 is 0 Å². The summed E-state index contributed by atoms with van der Waals surface area (Å²) in [5.41, 5.74) is 7.59. The molecule has 3 nitrogen and oxygen atoms in total. The highest BCUT2D eigenvalue weighted by Gasteiger charge is 2.01. The second-order valence-electron chi connectivity index (χ2n) is 3.29. The minimum atomic E-state index is 0. The van der Waals surface area contributed by atoms with Gasteiger partial charge in [0.05, 0.1) is 12.7 Å². The molecule has 0 saturated carbocycles. The smallest absolute Gasteiger partial charge is 0.0568 e. The van der Waals surface area contributed by atoms with Gasteiger partial charge in [-0.1, -0.05) is 23.7 Å². The van der Waals surface area contributed by atoms with E-state index in [0.717, 1.165) is 22.7 Å². The van der Waals surface area contributed by atoms with Gasteiger partial charge in [-0.2, -0.15) is 5.10 Å². The molecule has 1 heterocycles. The summed E-state index contributed by atoms with van der Waals surface area (Å²) in [4.78, 5) is 0. The van der Waals surface area contributed by atoms with Crippen LogP contribution in [0.1, 0.15) is 0 Å². The Hall–Kier alpha value is -1.03. The molecule has 2 rings (SSSR count). The van der Waals surface area contributed by atoms with Gasteiger partial charge in [-0.05, 0) is 17.7 Å². The average Bonchev–Trinajstić information content (AvgIpc) is 2.67. The first-order chi connectivity index (χ1) is 7.29. The molecule has 0 aliphatic rings. The van der Waals surface area contributed by atoms with Gasteiger partial charge in [0.15, 0.2) is 0 Å². The highest BCUT2D eigenvalue weighted by atomic mass is 35.5. The summed E-state index contributed by atoms with van der Waals surface area (Å²) in [5.74, 6) is 0. The number of hydrogen-bond acceptors (Lipinski definition) is 2. The number of hydrogen-bond donors (Lipinski definition) is 1. The summed E-state index contributed by atoms with van der Waals surface area (Å²) in [6.07, 6.45) is 3.79. The van der Waals surface area contributed by atoms with Gasteiger partial charge in [-0.15, -0.1) is 12.4 Å². The third-order valence-corrected chi connectivity index (χ3v) is 2.38. The SMILES string of the molecule is Cl.NCCn1cc(-c2cccc(Cl)c2)cn1. The molecule has 0 aliphatic carbocycles. The Bertz CT molecular complexity index is 454. The summed E-state index contributed by atoms with van der Waals surface area (Å²) in [6.45, 7) is 1.33. The van der Waals surface area contributed by atoms with Crippen molar-refractivity contribution in [3.63, 3.8) is 0 Å². The number of nitrogens with zero attached hydrogens (tertiary/aromatic N) is 2. The van der Waals surface area contributed by atoms with Crippen LogP contribution < -0.4 is 5.73 Å². The quantitative estimate of drug-likeness (QED) is 0.919. The van der Waals surface area contributed by atoms with Crippen LogP contribution in [-0.2, 0) is 6.54 Å². The lowest BCUT2D eigenvalue weighted by molar-refractivity contribution is 0.625. The largest absolute Gasteiger partial charge is 0.329 e. The van der Waals surface area contributed by atoms with Gasteiger partial charge in [0.25, 0.3) is 0 Å². The van der Waals surface area contributed by atoms with Gasteiger partial charge in [-0.25, -0.2) is 0 Å². The van der Waals surface area contributed by atoms with Gasteiger partial charge >= 0.3 is 0 Å². The minimum absolute atomic E-state index is 0. The number of nitrogens with two attached hydrogens (primary N) is 1. The zero-order chi connectivity index (χ0) is 10.7. The topological polar surface area (TPSA) is 43.8 Å². The minimum Gasteiger partial charge on any atom is -0.329 e. The van der Waals surface area contributed by atoms with Crippen molar-refractivity contribution in [2.45, 2.75) is 6.54 Å². The fourth-order valence-corrected chi connectivity index (χ4v) is 1.63.